The minimum atomic E-state index is -0.118. The van der Waals surface area contributed by atoms with Crippen molar-refractivity contribution in [1.29, 1.82) is 0 Å². The average Bonchev–Trinajstić information content (AvgIpc) is 2.87. The summed E-state index contributed by atoms with van der Waals surface area (Å²) < 4.78 is 0. The fourth-order valence-electron chi connectivity index (χ4n) is 4.73. The molecule has 2 aromatic rings. The Labute approximate surface area is 211 Å². The minimum Gasteiger partial charge on any atom is -0.392 e. The summed E-state index contributed by atoms with van der Waals surface area (Å²) in [5, 5.41) is 21.4. The maximum atomic E-state index is 11.2. The summed E-state index contributed by atoms with van der Waals surface area (Å²) >= 11 is 0. The molecule has 3 aliphatic rings. The van der Waals surface area contributed by atoms with E-state index in [-0.39, 0.29) is 12.2 Å². The molecular formula is C29H43N3O3. The number of likely N-dealkylation sites (tertiary alicyclic amines) is 2. The van der Waals surface area contributed by atoms with Gasteiger partial charge in [0.2, 0.25) is 0 Å². The summed E-state index contributed by atoms with van der Waals surface area (Å²) in [6.45, 7) is 7.39. The number of ketones is 1. The third-order valence-corrected chi connectivity index (χ3v) is 6.58. The lowest BCUT2D eigenvalue weighted by Crippen LogP contribution is -2.37. The molecule has 2 atom stereocenters. The van der Waals surface area contributed by atoms with E-state index in [4.69, 9.17) is 5.11 Å². The summed E-state index contributed by atoms with van der Waals surface area (Å²) in [6, 6.07) is 20.8. The van der Waals surface area contributed by atoms with Crippen LogP contribution in [0.25, 0.3) is 0 Å². The smallest absolute Gasteiger partial charge is 0.146 e. The van der Waals surface area contributed by atoms with Crippen molar-refractivity contribution in [2.75, 3.05) is 39.3 Å². The second kappa shape index (κ2) is 15.8. The van der Waals surface area contributed by atoms with Gasteiger partial charge in [-0.25, -0.2) is 0 Å². The van der Waals surface area contributed by atoms with Crippen molar-refractivity contribution in [1.82, 2.24) is 15.1 Å². The van der Waals surface area contributed by atoms with Crippen LogP contribution in [0.4, 0.5) is 0 Å². The van der Waals surface area contributed by atoms with E-state index in [2.05, 4.69) is 51.5 Å². The van der Waals surface area contributed by atoms with Crippen LogP contribution < -0.4 is 5.32 Å². The zero-order valence-corrected chi connectivity index (χ0v) is 21.0. The van der Waals surface area contributed by atoms with E-state index in [1.807, 2.05) is 24.3 Å². The average molecular weight is 482 g/mol. The van der Waals surface area contributed by atoms with Crippen LogP contribution in [-0.2, 0) is 17.9 Å². The molecule has 2 aromatic carbocycles. The SMILES string of the molecule is O=C1CCCN(Cc2ccccc2)C1.OC1CCCN(Cc2ccccc2)C1.OC1CCCNC1. The molecule has 35 heavy (non-hydrogen) atoms. The van der Waals surface area contributed by atoms with Crippen molar-refractivity contribution in [3.05, 3.63) is 71.8 Å². The Morgan fingerprint density at radius 1 is 0.771 bits per heavy atom. The van der Waals surface area contributed by atoms with E-state index in [1.165, 1.54) is 11.1 Å². The standard InChI is InChI=1S/C12H17NO.C12H15NO.C5H11NO/c2*14-12-7-4-8-13(10-12)9-11-5-2-1-3-6-11;7-5-2-1-3-6-4-5/h1-3,5-6,12,14H,4,7-10H2;1-3,5-6H,4,7-10H2;5-7H,1-4H2. The van der Waals surface area contributed by atoms with Crippen molar-refractivity contribution in [2.24, 2.45) is 0 Å². The zero-order chi connectivity index (χ0) is 24.7. The predicted molar refractivity (Wildman–Crippen MR) is 141 cm³/mol. The van der Waals surface area contributed by atoms with Gasteiger partial charge >= 0.3 is 0 Å². The molecule has 3 aliphatic heterocycles. The molecule has 0 spiro atoms. The van der Waals surface area contributed by atoms with E-state index < -0.39 is 0 Å². The van der Waals surface area contributed by atoms with Crippen LogP contribution in [0.2, 0.25) is 0 Å². The first-order valence-corrected chi connectivity index (χ1v) is 13.2. The molecule has 0 bridgehead atoms. The van der Waals surface area contributed by atoms with Crippen LogP contribution >= 0.6 is 0 Å². The van der Waals surface area contributed by atoms with Gasteiger partial charge in [-0.1, -0.05) is 60.7 Å². The lowest BCUT2D eigenvalue weighted by atomic mass is 10.1. The molecule has 3 N–H and O–H groups in total. The minimum absolute atomic E-state index is 0.0752. The van der Waals surface area contributed by atoms with Crippen molar-refractivity contribution in [3.63, 3.8) is 0 Å². The van der Waals surface area contributed by atoms with Gasteiger partial charge in [0.05, 0.1) is 18.8 Å². The molecule has 0 amide bonds. The molecule has 5 rings (SSSR count). The molecule has 6 nitrogen and oxygen atoms in total. The first kappa shape index (κ1) is 27.5. The molecule has 0 radical (unpaired) electrons. The second-order valence-corrected chi connectivity index (χ2v) is 9.86. The van der Waals surface area contributed by atoms with Crippen LogP contribution in [0, 0.1) is 0 Å². The van der Waals surface area contributed by atoms with Crippen molar-refractivity contribution >= 4 is 5.78 Å². The van der Waals surface area contributed by atoms with Crippen LogP contribution in [0.1, 0.15) is 49.7 Å². The number of hydrogen-bond donors (Lipinski definition) is 3. The van der Waals surface area contributed by atoms with Gasteiger partial charge in [-0.2, -0.15) is 0 Å². The Kier molecular flexibility index (Phi) is 12.4. The summed E-state index contributed by atoms with van der Waals surface area (Å²) in [7, 11) is 0. The van der Waals surface area contributed by atoms with Gasteiger partial charge in [0.25, 0.3) is 0 Å². The van der Waals surface area contributed by atoms with Gasteiger partial charge in [0.15, 0.2) is 0 Å². The normalized spacial score (nSPS) is 23.4. The Morgan fingerprint density at radius 3 is 1.89 bits per heavy atom. The molecule has 3 saturated heterocycles. The molecule has 0 aliphatic carbocycles. The molecule has 3 fully saturated rings. The Balaban J connectivity index is 0.000000155. The topological polar surface area (TPSA) is 76.0 Å². The first-order valence-electron chi connectivity index (χ1n) is 13.2. The Morgan fingerprint density at radius 2 is 1.37 bits per heavy atom. The van der Waals surface area contributed by atoms with Crippen molar-refractivity contribution in [3.8, 4) is 0 Å². The molecule has 0 saturated carbocycles. The third-order valence-electron chi connectivity index (χ3n) is 6.58. The highest BCUT2D eigenvalue weighted by molar-refractivity contribution is 5.81. The number of hydrogen-bond acceptors (Lipinski definition) is 6. The Bertz CT molecular complexity index is 828. The van der Waals surface area contributed by atoms with Gasteiger partial charge in [-0.3, -0.25) is 14.6 Å². The summed E-state index contributed by atoms with van der Waals surface area (Å²) in [5.41, 5.74) is 2.63. The van der Waals surface area contributed by atoms with Crippen LogP contribution in [0.15, 0.2) is 60.7 Å². The fraction of sp³-hybridized carbons (Fsp3) is 0.552. The number of benzene rings is 2. The van der Waals surface area contributed by atoms with E-state index in [0.717, 1.165) is 84.3 Å². The highest BCUT2D eigenvalue weighted by Crippen LogP contribution is 2.13. The predicted octanol–water partition coefficient (Wildman–Crippen LogP) is 3.23. The first-order chi connectivity index (χ1) is 17.1. The fourth-order valence-corrected chi connectivity index (χ4v) is 4.73. The molecular weight excluding hydrogens is 438 g/mol. The number of carbonyl (C=O) groups is 1. The third kappa shape index (κ3) is 11.5. The van der Waals surface area contributed by atoms with E-state index in [1.54, 1.807) is 0 Å². The monoisotopic (exact) mass is 481 g/mol. The summed E-state index contributed by atoms with van der Waals surface area (Å²) in [6.07, 6.45) is 5.78. The van der Waals surface area contributed by atoms with Gasteiger partial charge in [-0.05, 0) is 62.9 Å². The zero-order valence-electron chi connectivity index (χ0n) is 21.0. The molecule has 192 valence electrons. The number of aliphatic hydroxyl groups excluding tert-OH is 2. The molecule has 0 aromatic heterocycles. The number of rotatable bonds is 4. The maximum absolute atomic E-state index is 11.2. The van der Waals surface area contributed by atoms with Gasteiger partial charge in [0.1, 0.15) is 5.78 Å². The number of Topliss-reactive ketones (excluding diaryl/α,β-unsaturated/α-hetero) is 1. The van der Waals surface area contributed by atoms with Gasteiger partial charge < -0.3 is 15.5 Å². The molecule has 3 heterocycles. The largest absolute Gasteiger partial charge is 0.392 e. The highest BCUT2D eigenvalue weighted by atomic mass is 16.3. The highest BCUT2D eigenvalue weighted by Gasteiger charge is 2.17. The lowest BCUT2D eigenvalue weighted by molar-refractivity contribution is -0.122. The van der Waals surface area contributed by atoms with Gasteiger partial charge in [-0.15, -0.1) is 0 Å². The van der Waals surface area contributed by atoms with E-state index >= 15 is 0 Å². The number of carbonyl (C=O) groups excluding carboxylic acids is 1. The van der Waals surface area contributed by atoms with Gasteiger partial charge in [0, 0.05) is 32.6 Å². The quantitative estimate of drug-likeness (QED) is 0.623. The summed E-state index contributed by atoms with van der Waals surface area (Å²) in [5.74, 6) is 0.382. The summed E-state index contributed by atoms with van der Waals surface area (Å²) in [4.78, 5) is 15.8. The van der Waals surface area contributed by atoms with Crippen molar-refractivity contribution < 1.29 is 15.0 Å². The van der Waals surface area contributed by atoms with E-state index in [9.17, 15) is 9.90 Å². The second-order valence-electron chi connectivity index (χ2n) is 9.86. The van der Waals surface area contributed by atoms with E-state index in [0.29, 0.717) is 12.3 Å². The molecule has 2 unspecified atom stereocenters. The number of nitrogens with one attached hydrogen (secondary N) is 1. The van der Waals surface area contributed by atoms with Crippen LogP contribution in [0.3, 0.4) is 0 Å². The number of nitrogens with zero attached hydrogens (tertiary/aromatic N) is 2. The van der Waals surface area contributed by atoms with Crippen molar-refractivity contribution in [2.45, 2.75) is 63.8 Å². The van der Waals surface area contributed by atoms with Crippen LogP contribution in [-0.4, -0.2) is 77.3 Å². The number of aliphatic hydroxyl groups is 2. The number of β-amino-alcohol motifs (C(OH)–C–C–N with tert-alkyl or cyclic N) is 2. The molecule has 6 heteroatoms. The number of piperidine rings is 3. The maximum Gasteiger partial charge on any atom is 0.146 e. The lowest BCUT2D eigenvalue weighted by Gasteiger charge is -2.29. The Hall–Kier alpha value is -2.09. The van der Waals surface area contributed by atoms with Crippen LogP contribution in [0.5, 0.6) is 0 Å².